The molecular formula is C25H32N4O2. The molecule has 0 aliphatic rings. The van der Waals surface area contributed by atoms with E-state index in [0.29, 0.717) is 18.7 Å². The van der Waals surface area contributed by atoms with Crippen LogP contribution in [-0.2, 0) is 22.6 Å². The van der Waals surface area contributed by atoms with E-state index in [1.807, 2.05) is 73.1 Å². The molecule has 2 amide bonds. The number of fused-ring (bicyclic) bond motifs is 1. The van der Waals surface area contributed by atoms with E-state index in [4.69, 9.17) is 4.98 Å². The summed E-state index contributed by atoms with van der Waals surface area (Å²) in [4.78, 5) is 31.9. The van der Waals surface area contributed by atoms with Crippen LogP contribution in [0, 0.1) is 0 Å². The van der Waals surface area contributed by atoms with Gasteiger partial charge in [0.1, 0.15) is 12.4 Å². The number of aromatic nitrogens is 2. The Morgan fingerprint density at radius 1 is 1.10 bits per heavy atom. The van der Waals surface area contributed by atoms with Gasteiger partial charge in [0, 0.05) is 20.0 Å². The minimum absolute atomic E-state index is 0.0265. The maximum absolute atomic E-state index is 12.8. The molecule has 0 spiro atoms. The highest BCUT2D eigenvalue weighted by Crippen LogP contribution is 2.21. The van der Waals surface area contributed by atoms with Crippen LogP contribution in [0.3, 0.4) is 0 Å². The molecule has 3 aromatic rings. The van der Waals surface area contributed by atoms with E-state index in [-0.39, 0.29) is 24.4 Å². The number of unbranched alkanes of at least 4 members (excludes halogenated alkanes) is 1. The van der Waals surface area contributed by atoms with Gasteiger partial charge in [-0.05, 0) is 37.5 Å². The minimum atomic E-state index is -0.301. The number of para-hydroxylation sites is 2. The number of nitrogens with zero attached hydrogens (tertiary/aromatic N) is 3. The second kappa shape index (κ2) is 10.8. The Morgan fingerprint density at radius 2 is 1.81 bits per heavy atom. The predicted octanol–water partition coefficient (Wildman–Crippen LogP) is 4.10. The maximum atomic E-state index is 12.8. The summed E-state index contributed by atoms with van der Waals surface area (Å²) in [5, 5.41) is 3.06. The third kappa shape index (κ3) is 5.94. The number of likely N-dealkylation sites (N-methyl/N-ethyl adjacent to an activating group) is 1. The predicted molar refractivity (Wildman–Crippen MR) is 124 cm³/mol. The lowest BCUT2D eigenvalue weighted by molar-refractivity contribution is -0.130. The number of carbonyl (C=O) groups excluding carboxylic acids is 2. The SMILES string of the molecule is CCCCN(C)C(=O)Cn1c(C(C)NC(=O)CCc2ccccc2)nc2ccccc21. The zero-order valence-electron chi connectivity index (χ0n) is 18.7. The summed E-state index contributed by atoms with van der Waals surface area (Å²) in [5.74, 6) is 0.716. The van der Waals surface area contributed by atoms with E-state index in [9.17, 15) is 9.59 Å². The van der Waals surface area contributed by atoms with Crippen molar-refractivity contribution in [2.24, 2.45) is 0 Å². The second-order valence-electron chi connectivity index (χ2n) is 7.99. The Hall–Kier alpha value is -3.15. The highest BCUT2D eigenvalue weighted by molar-refractivity contribution is 5.81. The minimum Gasteiger partial charge on any atom is -0.346 e. The molecule has 0 aliphatic heterocycles. The largest absolute Gasteiger partial charge is 0.346 e. The molecule has 0 aliphatic carbocycles. The average molecular weight is 421 g/mol. The Labute approximate surface area is 184 Å². The van der Waals surface area contributed by atoms with Gasteiger partial charge >= 0.3 is 0 Å². The molecule has 3 rings (SSSR count). The van der Waals surface area contributed by atoms with Crippen LogP contribution in [0.1, 0.15) is 50.5 Å². The summed E-state index contributed by atoms with van der Waals surface area (Å²) < 4.78 is 1.93. The lowest BCUT2D eigenvalue weighted by atomic mass is 10.1. The number of aryl methyl sites for hydroxylation is 1. The molecule has 0 bridgehead atoms. The van der Waals surface area contributed by atoms with Crippen LogP contribution in [-0.4, -0.2) is 39.9 Å². The first-order valence-corrected chi connectivity index (χ1v) is 11.0. The van der Waals surface area contributed by atoms with Gasteiger partial charge in [0.15, 0.2) is 0 Å². The van der Waals surface area contributed by atoms with Gasteiger partial charge in [-0.3, -0.25) is 9.59 Å². The molecule has 0 saturated heterocycles. The third-order valence-corrected chi connectivity index (χ3v) is 5.50. The molecule has 1 atom stereocenters. The highest BCUT2D eigenvalue weighted by atomic mass is 16.2. The van der Waals surface area contributed by atoms with Gasteiger partial charge in [-0.2, -0.15) is 0 Å². The number of carbonyl (C=O) groups is 2. The third-order valence-electron chi connectivity index (χ3n) is 5.50. The van der Waals surface area contributed by atoms with Crippen molar-refractivity contribution < 1.29 is 9.59 Å². The Morgan fingerprint density at radius 3 is 2.55 bits per heavy atom. The Balaban J connectivity index is 1.73. The van der Waals surface area contributed by atoms with Crippen molar-refractivity contribution in [1.29, 1.82) is 0 Å². The summed E-state index contributed by atoms with van der Waals surface area (Å²) in [7, 11) is 1.84. The average Bonchev–Trinajstić information content (AvgIpc) is 3.15. The maximum Gasteiger partial charge on any atom is 0.242 e. The van der Waals surface area contributed by atoms with Crippen LogP contribution in [0.15, 0.2) is 54.6 Å². The molecule has 1 N–H and O–H groups in total. The fraction of sp³-hybridized carbons (Fsp3) is 0.400. The first-order chi connectivity index (χ1) is 15.0. The first-order valence-electron chi connectivity index (χ1n) is 11.0. The topological polar surface area (TPSA) is 67.2 Å². The van der Waals surface area contributed by atoms with E-state index < -0.39 is 0 Å². The van der Waals surface area contributed by atoms with Gasteiger partial charge in [0.2, 0.25) is 11.8 Å². The van der Waals surface area contributed by atoms with Crippen molar-refractivity contribution in [2.75, 3.05) is 13.6 Å². The van der Waals surface area contributed by atoms with Crippen molar-refractivity contribution in [3.05, 3.63) is 66.0 Å². The molecule has 1 heterocycles. The summed E-state index contributed by atoms with van der Waals surface area (Å²) in [6, 6.07) is 17.5. The Bertz CT molecular complexity index is 1010. The number of amides is 2. The first kappa shape index (κ1) is 22.5. The molecule has 0 fully saturated rings. The molecule has 31 heavy (non-hydrogen) atoms. The molecule has 1 aromatic heterocycles. The van der Waals surface area contributed by atoms with Crippen molar-refractivity contribution in [3.8, 4) is 0 Å². The quantitative estimate of drug-likeness (QED) is 0.537. The molecule has 2 aromatic carbocycles. The van der Waals surface area contributed by atoms with Gasteiger partial charge in [-0.15, -0.1) is 0 Å². The van der Waals surface area contributed by atoms with Crippen LogP contribution < -0.4 is 5.32 Å². The second-order valence-corrected chi connectivity index (χ2v) is 7.99. The van der Waals surface area contributed by atoms with Gasteiger partial charge in [0.05, 0.1) is 17.1 Å². The standard InChI is InChI=1S/C25H32N4O2/c1-4-5-17-28(3)24(31)18-29-22-14-10-9-13-21(22)27-25(29)19(2)26-23(30)16-15-20-11-7-6-8-12-20/h6-14,19H,4-5,15-18H2,1-3H3,(H,26,30). The van der Waals surface area contributed by atoms with Crippen molar-refractivity contribution in [1.82, 2.24) is 19.8 Å². The van der Waals surface area contributed by atoms with E-state index in [0.717, 1.165) is 36.0 Å². The summed E-state index contributed by atoms with van der Waals surface area (Å²) in [6.07, 6.45) is 3.13. The van der Waals surface area contributed by atoms with Crippen molar-refractivity contribution in [2.45, 2.75) is 52.1 Å². The number of imidazole rings is 1. The number of rotatable bonds is 10. The highest BCUT2D eigenvalue weighted by Gasteiger charge is 2.21. The lowest BCUT2D eigenvalue weighted by Gasteiger charge is -2.20. The van der Waals surface area contributed by atoms with Gasteiger partial charge < -0.3 is 14.8 Å². The molecule has 6 heteroatoms. The van der Waals surface area contributed by atoms with Crippen LogP contribution in [0.5, 0.6) is 0 Å². The number of hydrogen-bond donors (Lipinski definition) is 1. The van der Waals surface area contributed by atoms with Crippen LogP contribution in [0.25, 0.3) is 11.0 Å². The summed E-state index contributed by atoms with van der Waals surface area (Å²) in [6.45, 7) is 4.98. The molecule has 1 unspecified atom stereocenters. The van der Waals surface area contributed by atoms with Crippen LogP contribution in [0.4, 0.5) is 0 Å². The molecule has 6 nitrogen and oxygen atoms in total. The number of hydrogen-bond acceptors (Lipinski definition) is 3. The number of benzene rings is 2. The normalized spacial score (nSPS) is 12.0. The fourth-order valence-corrected chi connectivity index (χ4v) is 3.65. The smallest absolute Gasteiger partial charge is 0.242 e. The zero-order chi connectivity index (χ0) is 22.2. The van der Waals surface area contributed by atoms with Crippen molar-refractivity contribution >= 4 is 22.8 Å². The summed E-state index contributed by atoms with van der Waals surface area (Å²) >= 11 is 0. The van der Waals surface area contributed by atoms with E-state index in [1.54, 1.807) is 4.90 Å². The van der Waals surface area contributed by atoms with E-state index in [1.165, 1.54) is 0 Å². The molecule has 164 valence electrons. The molecule has 0 saturated carbocycles. The van der Waals surface area contributed by atoms with Crippen LogP contribution >= 0.6 is 0 Å². The van der Waals surface area contributed by atoms with Crippen LogP contribution in [0.2, 0.25) is 0 Å². The van der Waals surface area contributed by atoms with E-state index >= 15 is 0 Å². The van der Waals surface area contributed by atoms with E-state index in [2.05, 4.69) is 12.2 Å². The number of nitrogens with one attached hydrogen (secondary N) is 1. The monoisotopic (exact) mass is 420 g/mol. The zero-order valence-corrected chi connectivity index (χ0v) is 18.7. The lowest BCUT2D eigenvalue weighted by Crippen LogP contribution is -2.33. The van der Waals surface area contributed by atoms with Gasteiger partial charge in [-0.1, -0.05) is 55.8 Å². The molecular weight excluding hydrogens is 388 g/mol. The molecule has 0 radical (unpaired) electrons. The van der Waals surface area contributed by atoms with Gasteiger partial charge in [-0.25, -0.2) is 4.98 Å². The fourth-order valence-electron chi connectivity index (χ4n) is 3.65. The Kier molecular flexibility index (Phi) is 7.82. The van der Waals surface area contributed by atoms with Crippen molar-refractivity contribution in [3.63, 3.8) is 0 Å². The summed E-state index contributed by atoms with van der Waals surface area (Å²) in [5.41, 5.74) is 2.87. The van der Waals surface area contributed by atoms with Gasteiger partial charge in [0.25, 0.3) is 0 Å².